The van der Waals surface area contributed by atoms with Crippen LogP contribution in [0.25, 0.3) is 0 Å². The summed E-state index contributed by atoms with van der Waals surface area (Å²) in [5.74, 6) is -2.11. The molecule has 0 aliphatic heterocycles. The first kappa shape index (κ1) is 25.7. The molecular weight excluding hydrogens is 414 g/mol. The number of hydrogen-bond acceptors (Lipinski definition) is 10. The van der Waals surface area contributed by atoms with Crippen LogP contribution in [0.2, 0.25) is 0 Å². The van der Waals surface area contributed by atoms with Gasteiger partial charge in [0, 0.05) is 19.3 Å². The lowest BCUT2D eigenvalue weighted by Gasteiger charge is -2.28. The van der Waals surface area contributed by atoms with Crippen LogP contribution in [0, 0.1) is 0 Å². The van der Waals surface area contributed by atoms with Gasteiger partial charge in [-0.25, -0.2) is 9.59 Å². The molecule has 1 aromatic rings. The van der Waals surface area contributed by atoms with E-state index in [1.807, 2.05) is 6.92 Å². The zero-order valence-electron chi connectivity index (χ0n) is 17.8. The number of carboxylic acid groups (broad SMARTS) is 1. The molecule has 1 unspecified atom stereocenters. The van der Waals surface area contributed by atoms with Gasteiger partial charge in [0.2, 0.25) is 0 Å². The Labute approximate surface area is 179 Å². The Bertz CT molecular complexity index is 809. The van der Waals surface area contributed by atoms with Gasteiger partial charge in [0.25, 0.3) is 0 Å². The molecule has 0 radical (unpaired) electrons. The third-order valence-electron chi connectivity index (χ3n) is 4.11. The van der Waals surface area contributed by atoms with Crippen molar-refractivity contribution in [1.29, 1.82) is 0 Å². The summed E-state index contributed by atoms with van der Waals surface area (Å²) in [4.78, 5) is 46.5. The van der Waals surface area contributed by atoms with Gasteiger partial charge in [-0.2, -0.15) is 0 Å². The smallest absolute Gasteiger partial charge is 0.480 e. The van der Waals surface area contributed by atoms with Crippen molar-refractivity contribution >= 4 is 24.2 Å². The van der Waals surface area contributed by atoms with Gasteiger partial charge in [-0.15, -0.1) is 0 Å². The monoisotopic (exact) mass is 441 g/mol. The molecule has 0 fully saturated rings. The highest BCUT2D eigenvalue weighted by Gasteiger charge is 2.37. The van der Waals surface area contributed by atoms with Crippen LogP contribution in [0.4, 0.5) is 9.59 Å². The number of hydrogen-bond donors (Lipinski definition) is 2. The second kappa shape index (κ2) is 11.7. The highest BCUT2D eigenvalue weighted by Crippen LogP contribution is 2.31. The number of carbonyl (C=O) groups is 4. The largest absolute Gasteiger partial charge is 0.513 e. The highest BCUT2D eigenvalue weighted by atomic mass is 16.7. The normalized spacial score (nSPS) is 13.3. The second-order valence-corrected chi connectivity index (χ2v) is 6.79. The van der Waals surface area contributed by atoms with Crippen LogP contribution in [0.3, 0.4) is 0 Å². The number of rotatable bonds is 10. The van der Waals surface area contributed by atoms with Crippen molar-refractivity contribution in [2.24, 2.45) is 5.73 Å². The van der Waals surface area contributed by atoms with Crippen molar-refractivity contribution < 1.29 is 48.0 Å². The Hall–Kier alpha value is -3.34. The molecule has 31 heavy (non-hydrogen) atoms. The molecular formula is C20H27NO10. The van der Waals surface area contributed by atoms with Gasteiger partial charge in [0.15, 0.2) is 11.5 Å². The van der Waals surface area contributed by atoms with Gasteiger partial charge < -0.3 is 34.5 Å². The maximum atomic E-state index is 11.9. The third kappa shape index (κ3) is 8.13. The number of ether oxygens (including phenoxy) is 5. The van der Waals surface area contributed by atoms with E-state index in [0.29, 0.717) is 12.0 Å². The minimum absolute atomic E-state index is 0.152. The SMILES string of the molecule is CCCC(=O)O[C@@H](C)CC(N)(Cc1ccc(OC(=O)OC)c(OC(=O)OC)c1)C(=O)O. The summed E-state index contributed by atoms with van der Waals surface area (Å²) >= 11 is 0. The van der Waals surface area contributed by atoms with Gasteiger partial charge in [0.1, 0.15) is 11.6 Å². The summed E-state index contributed by atoms with van der Waals surface area (Å²) in [6.07, 6.45) is -2.43. The summed E-state index contributed by atoms with van der Waals surface area (Å²) < 4.78 is 23.9. The van der Waals surface area contributed by atoms with Crippen LogP contribution in [-0.4, -0.2) is 55.2 Å². The standard InChI is InChI=1S/C20H27NO10/c1-5-6-16(22)29-12(2)10-20(21,17(23)24)11-13-7-8-14(30-18(25)27-3)15(9-13)31-19(26)28-4/h7-9,12H,5-6,10-11,21H2,1-4H3,(H,23,24)/t12-,20?/m0/s1. The zero-order chi connectivity index (χ0) is 23.6. The maximum Gasteiger partial charge on any atom is 0.513 e. The van der Waals surface area contributed by atoms with E-state index in [-0.39, 0.29) is 30.8 Å². The third-order valence-corrected chi connectivity index (χ3v) is 4.11. The van der Waals surface area contributed by atoms with Gasteiger partial charge in [-0.05, 0) is 31.0 Å². The molecule has 0 saturated carbocycles. The van der Waals surface area contributed by atoms with E-state index in [4.69, 9.17) is 19.9 Å². The van der Waals surface area contributed by atoms with Crippen LogP contribution < -0.4 is 15.2 Å². The van der Waals surface area contributed by atoms with Gasteiger partial charge in [-0.1, -0.05) is 13.0 Å². The average Bonchev–Trinajstić information content (AvgIpc) is 2.69. The average molecular weight is 441 g/mol. The number of carboxylic acids is 1. The topological polar surface area (TPSA) is 161 Å². The zero-order valence-corrected chi connectivity index (χ0v) is 17.8. The number of methoxy groups -OCH3 is 2. The van der Waals surface area contributed by atoms with Crippen LogP contribution in [0.5, 0.6) is 11.5 Å². The number of nitrogens with two attached hydrogens (primary N) is 1. The minimum atomic E-state index is -1.79. The molecule has 0 amide bonds. The van der Waals surface area contributed by atoms with E-state index < -0.39 is 35.9 Å². The van der Waals surface area contributed by atoms with Gasteiger partial charge >= 0.3 is 24.2 Å². The van der Waals surface area contributed by atoms with Crippen LogP contribution in [0.1, 0.15) is 38.7 Å². The molecule has 0 aromatic heterocycles. The lowest BCUT2D eigenvalue weighted by atomic mass is 9.86. The molecule has 0 spiro atoms. The Kier molecular flexibility index (Phi) is 9.74. The van der Waals surface area contributed by atoms with Crippen molar-refractivity contribution in [2.45, 2.75) is 51.2 Å². The summed E-state index contributed by atoms with van der Waals surface area (Å²) in [7, 11) is 2.19. The van der Waals surface area contributed by atoms with Gasteiger partial charge in [-0.3, -0.25) is 9.59 Å². The van der Waals surface area contributed by atoms with Crippen molar-refractivity contribution in [2.75, 3.05) is 14.2 Å². The fraction of sp³-hybridized carbons (Fsp3) is 0.500. The predicted molar refractivity (Wildman–Crippen MR) is 106 cm³/mol. The first-order chi connectivity index (χ1) is 14.5. The Morgan fingerprint density at radius 2 is 1.65 bits per heavy atom. The lowest BCUT2D eigenvalue weighted by Crippen LogP contribution is -2.52. The van der Waals surface area contributed by atoms with E-state index in [2.05, 4.69) is 9.47 Å². The van der Waals surface area contributed by atoms with Crippen molar-refractivity contribution in [3.05, 3.63) is 23.8 Å². The Morgan fingerprint density at radius 1 is 1.06 bits per heavy atom. The maximum absolute atomic E-state index is 11.9. The molecule has 2 atom stereocenters. The molecule has 11 nitrogen and oxygen atoms in total. The first-order valence-corrected chi connectivity index (χ1v) is 9.40. The number of carbonyl (C=O) groups excluding carboxylic acids is 3. The van der Waals surface area contributed by atoms with Crippen molar-refractivity contribution in [1.82, 2.24) is 0 Å². The first-order valence-electron chi connectivity index (χ1n) is 9.40. The Morgan fingerprint density at radius 3 is 2.16 bits per heavy atom. The molecule has 0 bridgehead atoms. The molecule has 1 aromatic carbocycles. The Balaban J connectivity index is 3.12. The van der Waals surface area contributed by atoms with Crippen LogP contribution >= 0.6 is 0 Å². The van der Waals surface area contributed by atoms with Crippen LogP contribution in [0.15, 0.2) is 18.2 Å². The van der Waals surface area contributed by atoms with Crippen molar-refractivity contribution in [3.8, 4) is 11.5 Å². The lowest BCUT2D eigenvalue weighted by molar-refractivity contribution is -0.153. The fourth-order valence-electron chi connectivity index (χ4n) is 2.73. The van der Waals surface area contributed by atoms with Crippen molar-refractivity contribution in [3.63, 3.8) is 0 Å². The molecule has 0 aliphatic carbocycles. The molecule has 3 N–H and O–H groups in total. The minimum Gasteiger partial charge on any atom is -0.480 e. The molecule has 0 aliphatic rings. The van der Waals surface area contributed by atoms with Gasteiger partial charge in [0.05, 0.1) is 14.2 Å². The molecule has 1 rings (SSSR count). The summed E-state index contributed by atoms with van der Waals surface area (Å²) in [5, 5.41) is 9.68. The molecule has 172 valence electrons. The summed E-state index contributed by atoms with van der Waals surface area (Å²) in [6.45, 7) is 3.37. The number of benzene rings is 1. The number of aliphatic carboxylic acids is 1. The summed E-state index contributed by atoms with van der Waals surface area (Å²) in [5.41, 5.74) is 4.67. The second-order valence-electron chi connectivity index (χ2n) is 6.79. The van der Waals surface area contributed by atoms with Crippen LogP contribution in [-0.2, 0) is 30.2 Å². The fourth-order valence-corrected chi connectivity index (χ4v) is 2.73. The van der Waals surface area contributed by atoms with E-state index in [1.165, 1.54) is 18.2 Å². The predicted octanol–water partition coefficient (Wildman–Crippen LogP) is 2.42. The van der Waals surface area contributed by atoms with E-state index in [1.54, 1.807) is 6.92 Å². The quantitative estimate of drug-likeness (QED) is 0.311. The molecule has 0 saturated heterocycles. The van der Waals surface area contributed by atoms with E-state index in [0.717, 1.165) is 14.2 Å². The molecule has 11 heteroatoms. The van der Waals surface area contributed by atoms with E-state index >= 15 is 0 Å². The highest BCUT2D eigenvalue weighted by molar-refractivity contribution is 5.79. The summed E-state index contributed by atoms with van der Waals surface area (Å²) in [6, 6.07) is 4.02. The number of esters is 1. The van der Waals surface area contributed by atoms with E-state index in [9.17, 15) is 24.3 Å². The molecule has 0 heterocycles.